The highest BCUT2D eigenvalue weighted by molar-refractivity contribution is 6.34. The van der Waals surface area contributed by atoms with Gasteiger partial charge in [0.15, 0.2) is 0 Å². The van der Waals surface area contributed by atoms with Crippen LogP contribution >= 0.6 is 11.6 Å². The molecule has 0 saturated carbocycles. The van der Waals surface area contributed by atoms with Crippen molar-refractivity contribution in [3.8, 4) is 0 Å². The number of likely N-dealkylation sites (tertiary alicyclic amines) is 1. The predicted octanol–water partition coefficient (Wildman–Crippen LogP) is 5.63. The lowest BCUT2D eigenvalue weighted by Gasteiger charge is -2.28. The van der Waals surface area contributed by atoms with Crippen LogP contribution in [0.4, 0.5) is 23.7 Å². The number of nitrogens with two attached hydrogens (primary N) is 1. The minimum Gasteiger partial charge on any atom is -0.462 e. The van der Waals surface area contributed by atoms with E-state index in [1.54, 1.807) is 6.92 Å². The van der Waals surface area contributed by atoms with Crippen LogP contribution in [0.25, 0.3) is 0 Å². The van der Waals surface area contributed by atoms with E-state index in [1.807, 2.05) is 32.6 Å². The Hall–Kier alpha value is -2.20. The van der Waals surface area contributed by atoms with Gasteiger partial charge in [-0.05, 0) is 72.2 Å². The molecule has 11 heteroatoms. The summed E-state index contributed by atoms with van der Waals surface area (Å²) in [7, 11) is 0. The third-order valence-electron chi connectivity index (χ3n) is 4.76. The molecule has 194 valence electrons. The summed E-state index contributed by atoms with van der Waals surface area (Å²) in [5, 5.41) is 2.32. The standard InChI is InChI=1S/C16H20ClF3N2O2.C7H15NO2/c1-2-24-15(23)10-8-12(16(18,19)20)11(13(17)14(10)21)9-22-6-4-3-5-7-22;1-5-8-6(9)10-7(2,3)4/h8H,2-7,9,21H2,1H3;5H2,1-4H3,(H,8,9). The van der Waals surface area contributed by atoms with Gasteiger partial charge in [-0.15, -0.1) is 0 Å². The van der Waals surface area contributed by atoms with Crippen molar-refractivity contribution in [1.82, 2.24) is 10.2 Å². The zero-order valence-corrected chi connectivity index (χ0v) is 21.2. The fraction of sp³-hybridized carbons (Fsp3) is 0.652. The van der Waals surface area contributed by atoms with Crippen LogP contribution in [0.5, 0.6) is 0 Å². The van der Waals surface area contributed by atoms with E-state index in [9.17, 15) is 22.8 Å². The molecule has 0 aliphatic carbocycles. The molecule has 0 spiro atoms. The topological polar surface area (TPSA) is 93.9 Å². The predicted molar refractivity (Wildman–Crippen MR) is 126 cm³/mol. The Bertz CT molecular complexity index is 836. The molecule has 1 aromatic carbocycles. The lowest BCUT2D eigenvalue weighted by atomic mass is 9.99. The molecule has 1 aromatic rings. The number of benzene rings is 1. The zero-order chi connectivity index (χ0) is 26.1. The number of alkyl carbamates (subject to hydrolysis) is 1. The fourth-order valence-electron chi connectivity index (χ4n) is 3.29. The average molecular weight is 510 g/mol. The number of ether oxygens (including phenoxy) is 2. The van der Waals surface area contributed by atoms with Gasteiger partial charge in [0.2, 0.25) is 0 Å². The number of rotatable bonds is 5. The van der Waals surface area contributed by atoms with Gasteiger partial charge >= 0.3 is 18.2 Å². The minimum atomic E-state index is -4.64. The maximum absolute atomic E-state index is 13.5. The Morgan fingerprint density at radius 2 is 1.74 bits per heavy atom. The first-order chi connectivity index (χ1) is 15.7. The number of carbonyl (C=O) groups is 2. The van der Waals surface area contributed by atoms with Crippen molar-refractivity contribution in [2.24, 2.45) is 0 Å². The monoisotopic (exact) mass is 509 g/mol. The lowest BCUT2D eigenvalue weighted by Crippen LogP contribution is -2.32. The second-order valence-electron chi connectivity index (χ2n) is 8.77. The maximum Gasteiger partial charge on any atom is 0.416 e. The number of piperidine rings is 1. The molecule has 0 bridgehead atoms. The summed E-state index contributed by atoms with van der Waals surface area (Å²) >= 11 is 6.11. The molecule has 0 aromatic heterocycles. The van der Waals surface area contributed by atoms with E-state index in [-0.39, 0.29) is 46.7 Å². The van der Waals surface area contributed by atoms with Crippen molar-refractivity contribution < 1.29 is 32.2 Å². The first-order valence-corrected chi connectivity index (χ1v) is 11.6. The van der Waals surface area contributed by atoms with Crippen LogP contribution in [0.2, 0.25) is 5.02 Å². The molecular weight excluding hydrogens is 475 g/mol. The van der Waals surface area contributed by atoms with Crippen molar-refractivity contribution >= 4 is 29.4 Å². The molecule has 0 radical (unpaired) electrons. The molecule has 3 N–H and O–H groups in total. The number of nitrogens with zero attached hydrogens (tertiary/aromatic N) is 1. The number of hydrogen-bond donors (Lipinski definition) is 2. The Kier molecular flexibility index (Phi) is 11.4. The van der Waals surface area contributed by atoms with Crippen LogP contribution < -0.4 is 11.1 Å². The molecule has 34 heavy (non-hydrogen) atoms. The van der Waals surface area contributed by atoms with Gasteiger partial charge in [0.05, 0.1) is 28.4 Å². The maximum atomic E-state index is 13.5. The number of amides is 1. The molecule has 1 saturated heterocycles. The van der Waals surface area contributed by atoms with Crippen LogP contribution in [0.15, 0.2) is 6.07 Å². The minimum absolute atomic E-state index is 0.0345. The van der Waals surface area contributed by atoms with Gasteiger partial charge in [0, 0.05) is 13.1 Å². The second-order valence-corrected chi connectivity index (χ2v) is 9.14. The van der Waals surface area contributed by atoms with Crippen LogP contribution in [0.3, 0.4) is 0 Å². The molecule has 1 aliphatic heterocycles. The number of nitrogen functional groups attached to an aromatic ring is 1. The normalized spacial score (nSPS) is 14.6. The molecule has 0 atom stereocenters. The quantitative estimate of drug-likeness (QED) is 0.394. The molecule has 0 unspecified atom stereocenters. The Balaban J connectivity index is 0.000000489. The highest BCUT2D eigenvalue weighted by Gasteiger charge is 2.37. The SMILES string of the molecule is CCNC(=O)OC(C)(C)C.CCOC(=O)c1cc(C(F)(F)F)c(CN2CCCCC2)c(Cl)c1N. The number of anilines is 1. The van der Waals surface area contributed by atoms with E-state index in [4.69, 9.17) is 26.8 Å². The summed E-state index contributed by atoms with van der Waals surface area (Å²) in [5.41, 5.74) is 3.88. The van der Waals surface area contributed by atoms with Crippen molar-refractivity contribution in [1.29, 1.82) is 0 Å². The third kappa shape index (κ3) is 9.58. The number of nitrogens with one attached hydrogen (secondary N) is 1. The van der Waals surface area contributed by atoms with Crippen LogP contribution in [-0.4, -0.2) is 48.8 Å². The van der Waals surface area contributed by atoms with Crippen LogP contribution in [0, 0.1) is 0 Å². The Morgan fingerprint density at radius 3 is 2.21 bits per heavy atom. The fourth-order valence-corrected chi connectivity index (χ4v) is 3.56. The van der Waals surface area contributed by atoms with Gasteiger partial charge in [0.1, 0.15) is 5.60 Å². The summed E-state index contributed by atoms with van der Waals surface area (Å²) in [6.07, 6.45) is -2.04. The summed E-state index contributed by atoms with van der Waals surface area (Å²) in [4.78, 5) is 24.5. The molecule has 1 aliphatic rings. The van der Waals surface area contributed by atoms with Crippen LogP contribution in [-0.2, 0) is 22.2 Å². The van der Waals surface area contributed by atoms with Gasteiger partial charge < -0.3 is 20.5 Å². The van der Waals surface area contributed by atoms with Gasteiger partial charge in [-0.25, -0.2) is 9.59 Å². The third-order valence-corrected chi connectivity index (χ3v) is 5.19. The van der Waals surface area contributed by atoms with E-state index in [0.717, 1.165) is 25.3 Å². The van der Waals surface area contributed by atoms with E-state index in [1.165, 1.54) is 0 Å². The van der Waals surface area contributed by atoms with E-state index >= 15 is 0 Å². The Morgan fingerprint density at radius 1 is 1.15 bits per heavy atom. The molecule has 1 fully saturated rings. The number of halogens is 4. The van der Waals surface area contributed by atoms with Crippen LogP contribution in [0.1, 0.15) is 75.4 Å². The number of hydrogen-bond acceptors (Lipinski definition) is 6. The van der Waals surface area contributed by atoms with Crippen molar-refractivity contribution in [3.63, 3.8) is 0 Å². The molecule has 1 amide bonds. The lowest BCUT2D eigenvalue weighted by molar-refractivity contribution is -0.138. The van der Waals surface area contributed by atoms with Gasteiger partial charge in [-0.2, -0.15) is 13.2 Å². The van der Waals surface area contributed by atoms with Crippen molar-refractivity contribution in [3.05, 3.63) is 27.8 Å². The number of esters is 1. The summed E-state index contributed by atoms with van der Waals surface area (Å²) < 4.78 is 50.1. The Labute approximate surface area is 204 Å². The number of alkyl halides is 3. The van der Waals surface area contributed by atoms with E-state index in [0.29, 0.717) is 19.6 Å². The van der Waals surface area contributed by atoms with E-state index in [2.05, 4.69) is 5.32 Å². The highest BCUT2D eigenvalue weighted by Crippen LogP contribution is 2.40. The summed E-state index contributed by atoms with van der Waals surface area (Å²) in [6.45, 7) is 11.0. The first-order valence-electron chi connectivity index (χ1n) is 11.3. The number of carbonyl (C=O) groups excluding carboxylic acids is 2. The largest absolute Gasteiger partial charge is 0.462 e. The smallest absolute Gasteiger partial charge is 0.416 e. The zero-order valence-electron chi connectivity index (χ0n) is 20.4. The van der Waals surface area contributed by atoms with Crippen molar-refractivity contribution in [2.45, 2.75) is 72.2 Å². The van der Waals surface area contributed by atoms with Gasteiger partial charge in [-0.3, -0.25) is 4.90 Å². The van der Waals surface area contributed by atoms with Gasteiger partial charge in [-0.1, -0.05) is 18.0 Å². The van der Waals surface area contributed by atoms with Gasteiger partial charge in [0.25, 0.3) is 0 Å². The molecular formula is C23H35ClF3N3O4. The summed E-state index contributed by atoms with van der Waals surface area (Å²) in [6, 6.07) is 0.748. The second kappa shape index (κ2) is 13.0. The molecule has 7 nitrogen and oxygen atoms in total. The average Bonchev–Trinajstić information content (AvgIpc) is 2.71. The van der Waals surface area contributed by atoms with E-state index < -0.39 is 17.7 Å². The van der Waals surface area contributed by atoms with Crippen molar-refractivity contribution in [2.75, 3.05) is 32.0 Å². The molecule has 1 heterocycles. The highest BCUT2D eigenvalue weighted by atomic mass is 35.5. The molecule has 2 rings (SSSR count). The summed E-state index contributed by atoms with van der Waals surface area (Å²) in [5.74, 6) is -0.910. The first kappa shape index (κ1) is 29.8.